The Labute approximate surface area is 171 Å². The number of benzene rings is 4. The Bertz CT molecular complexity index is 1180. The Balaban J connectivity index is 1.72. The molecule has 0 saturated heterocycles. The molecule has 0 aliphatic carbocycles. The Morgan fingerprint density at radius 1 is 0.586 bits per heavy atom. The lowest BCUT2D eigenvalue weighted by molar-refractivity contribution is 0.680. The van der Waals surface area contributed by atoms with Crippen molar-refractivity contribution in [2.24, 2.45) is 0 Å². The number of hydrogen-bond donors (Lipinski definition) is 0. The summed E-state index contributed by atoms with van der Waals surface area (Å²) in [6, 6.07) is 35.2. The lowest BCUT2D eigenvalue weighted by atomic mass is 9.85. The highest BCUT2D eigenvalue weighted by molar-refractivity contribution is 5.83. The zero-order valence-electron chi connectivity index (χ0n) is 16.0. The van der Waals surface area contributed by atoms with E-state index in [-0.39, 0.29) is 5.92 Å². The minimum absolute atomic E-state index is 0.252. The highest BCUT2D eigenvalue weighted by Gasteiger charge is 2.15. The SMILES string of the molecule is N#Cc1cccc(CC(Cc2cccc(C#N)c2)c2ccc3ccccc3c2)c1. The molecule has 0 aromatic heterocycles. The molecule has 0 aliphatic heterocycles. The van der Waals surface area contributed by atoms with Crippen molar-refractivity contribution in [3.8, 4) is 12.1 Å². The van der Waals surface area contributed by atoms with E-state index in [2.05, 4.69) is 66.7 Å². The highest BCUT2D eigenvalue weighted by Crippen LogP contribution is 2.29. The molecule has 0 amide bonds. The summed E-state index contributed by atoms with van der Waals surface area (Å²) in [4.78, 5) is 0. The van der Waals surface area contributed by atoms with Gasteiger partial charge in [-0.15, -0.1) is 0 Å². The van der Waals surface area contributed by atoms with Gasteiger partial charge in [-0.25, -0.2) is 0 Å². The lowest BCUT2D eigenvalue weighted by Crippen LogP contribution is -2.07. The first-order valence-corrected chi connectivity index (χ1v) is 9.72. The third-order valence-electron chi connectivity index (χ3n) is 5.32. The summed E-state index contributed by atoms with van der Waals surface area (Å²) in [6.45, 7) is 0. The Morgan fingerprint density at radius 3 is 1.76 bits per heavy atom. The minimum atomic E-state index is 0.252. The van der Waals surface area contributed by atoms with Crippen LogP contribution >= 0.6 is 0 Å². The normalized spacial score (nSPS) is 10.6. The van der Waals surface area contributed by atoms with Gasteiger partial charge in [0.2, 0.25) is 0 Å². The van der Waals surface area contributed by atoms with Crippen LogP contribution in [0.15, 0.2) is 91.0 Å². The summed E-state index contributed by atoms with van der Waals surface area (Å²) in [5.74, 6) is 0.252. The lowest BCUT2D eigenvalue weighted by Gasteiger charge is -2.19. The zero-order chi connectivity index (χ0) is 20.1. The van der Waals surface area contributed by atoms with Crippen LogP contribution in [-0.4, -0.2) is 0 Å². The van der Waals surface area contributed by atoms with E-state index in [4.69, 9.17) is 0 Å². The maximum absolute atomic E-state index is 9.24. The third kappa shape index (κ3) is 4.34. The molecule has 4 rings (SSSR count). The van der Waals surface area contributed by atoms with Crippen LogP contribution in [0.5, 0.6) is 0 Å². The third-order valence-corrected chi connectivity index (χ3v) is 5.32. The fraction of sp³-hybridized carbons (Fsp3) is 0.111. The van der Waals surface area contributed by atoms with Crippen molar-refractivity contribution in [3.05, 3.63) is 119 Å². The fourth-order valence-corrected chi connectivity index (χ4v) is 3.87. The smallest absolute Gasteiger partial charge is 0.0991 e. The van der Waals surface area contributed by atoms with E-state index in [0.717, 1.165) is 24.0 Å². The van der Waals surface area contributed by atoms with Crippen LogP contribution in [0.25, 0.3) is 10.8 Å². The summed E-state index contributed by atoms with van der Waals surface area (Å²) in [5, 5.41) is 20.9. The molecule has 0 heterocycles. The Morgan fingerprint density at radius 2 is 1.17 bits per heavy atom. The predicted octanol–water partition coefficient (Wildman–Crippen LogP) is 6.15. The van der Waals surface area contributed by atoms with Crippen LogP contribution in [0.1, 0.15) is 33.7 Å². The largest absolute Gasteiger partial charge is 0.192 e. The fourth-order valence-electron chi connectivity index (χ4n) is 3.87. The van der Waals surface area contributed by atoms with Crippen LogP contribution in [0, 0.1) is 22.7 Å². The number of nitrogens with zero attached hydrogens (tertiary/aromatic N) is 2. The Kier molecular flexibility index (Phi) is 5.37. The van der Waals surface area contributed by atoms with E-state index in [1.165, 1.54) is 16.3 Å². The van der Waals surface area contributed by atoms with Gasteiger partial charge in [0.1, 0.15) is 0 Å². The predicted molar refractivity (Wildman–Crippen MR) is 116 cm³/mol. The van der Waals surface area contributed by atoms with Gasteiger partial charge in [0, 0.05) is 0 Å². The number of nitriles is 2. The van der Waals surface area contributed by atoms with Gasteiger partial charge >= 0.3 is 0 Å². The van der Waals surface area contributed by atoms with Gasteiger partial charge in [0.05, 0.1) is 23.3 Å². The van der Waals surface area contributed by atoms with Gasteiger partial charge < -0.3 is 0 Å². The van der Waals surface area contributed by atoms with E-state index in [0.29, 0.717) is 11.1 Å². The van der Waals surface area contributed by atoms with Crippen molar-refractivity contribution in [1.29, 1.82) is 10.5 Å². The average Bonchev–Trinajstić information content (AvgIpc) is 2.78. The maximum atomic E-state index is 9.24. The molecule has 0 N–H and O–H groups in total. The second-order valence-electron chi connectivity index (χ2n) is 7.34. The average molecular weight is 372 g/mol. The van der Waals surface area contributed by atoms with Crippen molar-refractivity contribution in [2.45, 2.75) is 18.8 Å². The van der Waals surface area contributed by atoms with Crippen molar-refractivity contribution in [1.82, 2.24) is 0 Å². The van der Waals surface area contributed by atoms with Crippen molar-refractivity contribution in [2.75, 3.05) is 0 Å². The van der Waals surface area contributed by atoms with Crippen molar-refractivity contribution < 1.29 is 0 Å². The second-order valence-corrected chi connectivity index (χ2v) is 7.34. The van der Waals surface area contributed by atoms with Crippen LogP contribution in [0.4, 0.5) is 0 Å². The molecule has 2 heteroatoms. The summed E-state index contributed by atoms with van der Waals surface area (Å²) in [5.41, 5.74) is 4.95. The molecule has 0 saturated carbocycles. The van der Waals surface area contributed by atoms with Gasteiger partial charge in [-0.3, -0.25) is 0 Å². The summed E-state index contributed by atoms with van der Waals surface area (Å²) >= 11 is 0. The van der Waals surface area contributed by atoms with Gasteiger partial charge in [-0.2, -0.15) is 10.5 Å². The van der Waals surface area contributed by atoms with Crippen molar-refractivity contribution in [3.63, 3.8) is 0 Å². The first-order valence-electron chi connectivity index (χ1n) is 9.72. The molecular formula is C27H20N2. The van der Waals surface area contributed by atoms with E-state index < -0.39 is 0 Å². The molecular weight excluding hydrogens is 352 g/mol. The van der Waals surface area contributed by atoms with Crippen molar-refractivity contribution >= 4 is 10.8 Å². The second kappa shape index (κ2) is 8.42. The molecule has 138 valence electrons. The number of rotatable bonds is 5. The molecule has 0 radical (unpaired) electrons. The number of hydrogen-bond acceptors (Lipinski definition) is 2. The molecule has 0 unspecified atom stereocenters. The van der Waals surface area contributed by atoms with Crippen LogP contribution in [-0.2, 0) is 12.8 Å². The van der Waals surface area contributed by atoms with Crippen LogP contribution in [0.2, 0.25) is 0 Å². The van der Waals surface area contributed by atoms with Crippen LogP contribution < -0.4 is 0 Å². The summed E-state index contributed by atoms with van der Waals surface area (Å²) in [6.07, 6.45) is 1.68. The van der Waals surface area contributed by atoms with E-state index in [1.807, 2.05) is 36.4 Å². The number of fused-ring (bicyclic) bond motifs is 1. The zero-order valence-corrected chi connectivity index (χ0v) is 16.0. The monoisotopic (exact) mass is 372 g/mol. The quantitative estimate of drug-likeness (QED) is 0.422. The molecule has 0 fully saturated rings. The molecule has 0 atom stereocenters. The topological polar surface area (TPSA) is 47.6 Å². The molecule has 0 aliphatic rings. The molecule has 0 bridgehead atoms. The summed E-state index contributed by atoms with van der Waals surface area (Å²) < 4.78 is 0. The van der Waals surface area contributed by atoms with E-state index in [1.54, 1.807) is 0 Å². The Hall–Kier alpha value is -3.88. The van der Waals surface area contributed by atoms with Gasteiger partial charge in [0.15, 0.2) is 0 Å². The minimum Gasteiger partial charge on any atom is -0.192 e. The van der Waals surface area contributed by atoms with Crippen LogP contribution in [0.3, 0.4) is 0 Å². The van der Waals surface area contributed by atoms with E-state index >= 15 is 0 Å². The molecule has 4 aromatic rings. The molecule has 0 spiro atoms. The standard InChI is InChI=1S/C27H20N2/c28-18-22-7-3-5-20(13-22)15-27(16-21-6-4-8-23(14-21)19-29)26-12-11-24-9-1-2-10-25(24)17-26/h1-14,17,27H,15-16H2. The van der Waals surface area contributed by atoms with Gasteiger partial charge in [-0.05, 0) is 70.5 Å². The van der Waals surface area contributed by atoms with E-state index in [9.17, 15) is 10.5 Å². The van der Waals surface area contributed by atoms with Gasteiger partial charge in [-0.1, -0.05) is 66.7 Å². The first kappa shape index (κ1) is 18.5. The molecule has 2 nitrogen and oxygen atoms in total. The molecule has 4 aromatic carbocycles. The highest BCUT2D eigenvalue weighted by atomic mass is 14.2. The maximum Gasteiger partial charge on any atom is 0.0991 e. The first-order chi connectivity index (χ1) is 14.2. The van der Waals surface area contributed by atoms with Gasteiger partial charge in [0.25, 0.3) is 0 Å². The summed E-state index contributed by atoms with van der Waals surface area (Å²) in [7, 11) is 0. The molecule has 29 heavy (non-hydrogen) atoms.